The van der Waals surface area contributed by atoms with Gasteiger partial charge in [-0.15, -0.1) is 16.9 Å². The molecule has 0 aliphatic carbocycles. The molecule has 2 aliphatic heterocycles. The van der Waals surface area contributed by atoms with Crippen LogP contribution in [0.25, 0.3) is 0 Å². The minimum Gasteiger partial charge on any atom is -0.477 e. The monoisotopic (exact) mass is 483 g/mol. The van der Waals surface area contributed by atoms with Gasteiger partial charge in [-0.1, -0.05) is 11.8 Å². The number of carboxylic acid groups (broad SMARTS) is 1. The van der Waals surface area contributed by atoms with Crippen LogP contribution in [0.3, 0.4) is 0 Å². The van der Waals surface area contributed by atoms with E-state index in [9.17, 15) is 19.5 Å². The first-order chi connectivity index (χ1) is 15.4. The third-order valence-electron chi connectivity index (χ3n) is 4.68. The highest BCUT2D eigenvalue weighted by molar-refractivity contribution is 8.01. The number of carboxylic acids is 1. The summed E-state index contributed by atoms with van der Waals surface area (Å²) in [5, 5.41) is 26.7. The second kappa shape index (κ2) is 8.79. The van der Waals surface area contributed by atoms with E-state index in [1.54, 1.807) is 7.05 Å². The van der Waals surface area contributed by atoms with E-state index in [2.05, 4.69) is 30.5 Å². The SMILES string of the molecule is CO[C@@]1(NC(=O)COc2ccon2)C(=O)N2C(C(=O)O)=C(CSc3nnnn3C)CS[C@H]21. The number of β-lactam (4-membered cyclic amide) rings is 1. The zero-order chi connectivity index (χ0) is 22.9. The number of aromatic nitrogens is 5. The summed E-state index contributed by atoms with van der Waals surface area (Å²) in [6.45, 7) is -0.433. The van der Waals surface area contributed by atoms with Crippen LogP contribution in [0.5, 0.6) is 5.88 Å². The average Bonchev–Trinajstić information content (AvgIpc) is 3.45. The topological polar surface area (TPSA) is 175 Å². The molecule has 0 saturated carbocycles. The number of tetrazole rings is 1. The number of hydrogen-bond acceptors (Lipinski definition) is 12. The number of aryl methyl sites for hydroxylation is 1. The Morgan fingerprint density at radius 3 is 2.94 bits per heavy atom. The number of hydrogen-bond donors (Lipinski definition) is 2. The molecule has 0 spiro atoms. The van der Waals surface area contributed by atoms with E-state index < -0.39 is 35.5 Å². The Labute approximate surface area is 188 Å². The van der Waals surface area contributed by atoms with Gasteiger partial charge in [0.25, 0.3) is 23.4 Å². The van der Waals surface area contributed by atoms with E-state index in [4.69, 9.17) is 9.47 Å². The van der Waals surface area contributed by atoms with Crippen molar-refractivity contribution in [3.8, 4) is 5.88 Å². The molecule has 1 fully saturated rings. The van der Waals surface area contributed by atoms with Crippen molar-refractivity contribution in [2.24, 2.45) is 7.05 Å². The third-order valence-corrected chi connectivity index (χ3v) is 7.15. The molecule has 16 heteroatoms. The van der Waals surface area contributed by atoms with Crippen molar-refractivity contribution < 1.29 is 33.5 Å². The first kappa shape index (κ1) is 22.1. The maximum atomic E-state index is 13.0. The van der Waals surface area contributed by atoms with Crippen molar-refractivity contribution >= 4 is 41.3 Å². The van der Waals surface area contributed by atoms with Gasteiger partial charge in [0.05, 0.1) is 0 Å². The molecule has 0 unspecified atom stereocenters. The molecule has 14 nitrogen and oxygen atoms in total. The number of rotatable bonds is 9. The Kier molecular flexibility index (Phi) is 6.07. The number of nitrogens with zero attached hydrogens (tertiary/aromatic N) is 6. The maximum Gasteiger partial charge on any atom is 0.352 e. The molecule has 0 bridgehead atoms. The molecular weight excluding hydrogens is 466 g/mol. The van der Waals surface area contributed by atoms with Crippen molar-refractivity contribution in [2.45, 2.75) is 16.3 Å². The number of methoxy groups -OCH3 is 1. The molecule has 1 saturated heterocycles. The van der Waals surface area contributed by atoms with Gasteiger partial charge in [0.1, 0.15) is 17.3 Å². The van der Waals surface area contributed by atoms with Crippen molar-refractivity contribution in [2.75, 3.05) is 25.2 Å². The Balaban J connectivity index is 1.49. The largest absolute Gasteiger partial charge is 0.477 e. The lowest BCUT2D eigenvalue weighted by atomic mass is 9.98. The molecule has 2 aliphatic rings. The fraction of sp³-hybridized carbons (Fsp3) is 0.438. The summed E-state index contributed by atoms with van der Waals surface area (Å²) in [5.41, 5.74) is -1.31. The van der Waals surface area contributed by atoms with Gasteiger partial charge in [-0.05, 0) is 21.2 Å². The van der Waals surface area contributed by atoms with Gasteiger partial charge in [-0.3, -0.25) is 14.5 Å². The Bertz CT molecular complexity index is 1070. The average molecular weight is 483 g/mol. The fourth-order valence-electron chi connectivity index (χ4n) is 3.21. The lowest BCUT2D eigenvalue weighted by Gasteiger charge is -2.55. The summed E-state index contributed by atoms with van der Waals surface area (Å²) in [6, 6.07) is 1.42. The highest BCUT2D eigenvalue weighted by atomic mass is 32.2. The Morgan fingerprint density at radius 1 is 1.50 bits per heavy atom. The molecule has 170 valence electrons. The van der Waals surface area contributed by atoms with Crippen molar-refractivity contribution in [3.63, 3.8) is 0 Å². The molecule has 2 N–H and O–H groups in total. The van der Waals surface area contributed by atoms with E-state index in [-0.39, 0.29) is 17.3 Å². The first-order valence-corrected chi connectivity index (χ1v) is 11.1. The van der Waals surface area contributed by atoms with Gasteiger partial charge in [-0.2, -0.15) is 0 Å². The van der Waals surface area contributed by atoms with Crippen LogP contribution in [0, 0.1) is 0 Å². The van der Waals surface area contributed by atoms with Gasteiger partial charge >= 0.3 is 5.97 Å². The summed E-state index contributed by atoms with van der Waals surface area (Å²) in [6.07, 6.45) is 1.28. The zero-order valence-corrected chi connectivity index (χ0v) is 18.4. The zero-order valence-electron chi connectivity index (χ0n) is 16.7. The molecule has 0 radical (unpaired) electrons. The van der Waals surface area contributed by atoms with Gasteiger partial charge in [0.2, 0.25) is 5.16 Å². The normalized spacial score (nSPS) is 22.4. The summed E-state index contributed by atoms with van der Waals surface area (Å²) < 4.78 is 16.6. The van der Waals surface area contributed by atoms with Crippen LogP contribution in [0.15, 0.2) is 33.3 Å². The second-order valence-corrected chi connectivity index (χ2v) is 8.59. The molecule has 2 atom stereocenters. The highest BCUT2D eigenvalue weighted by Gasteiger charge is 2.66. The molecule has 4 heterocycles. The summed E-state index contributed by atoms with van der Waals surface area (Å²) >= 11 is 2.54. The van der Waals surface area contributed by atoms with E-state index in [1.165, 1.54) is 47.6 Å². The molecule has 4 rings (SSSR count). The minimum absolute atomic E-state index is 0.108. The van der Waals surface area contributed by atoms with Crippen molar-refractivity contribution in [1.29, 1.82) is 0 Å². The number of amides is 2. The van der Waals surface area contributed by atoms with E-state index >= 15 is 0 Å². The number of aliphatic carboxylic acids is 1. The van der Waals surface area contributed by atoms with Gasteiger partial charge in [0.15, 0.2) is 6.61 Å². The van der Waals surface area contributed by atoms with Crippen LogP contribution in [-0.2, 0) is 26.2 Å². The summed E-state index contributed by atoms with van der Waals surface area (Å²) in [7, 11) is 2.94. The fourth-order valence-corrected chi connectivity index (χ4v) is 5.64. The number of thioether (sulfide) groups is 2. The predicted octanol–water partition coefficient (Wildman–Crippen LogP) is -0.918. The van der Waals surface area contributed by atoms with Crippen molar-refractivity contribution in [3.05, 3.63) is 23.6 Å². The van der Waals surface area contributed by atoms with Crippen molar-refractivity contribution in [1.82, 2.24) is 35.6 Å². The Morgan fingerprint density at radius 2 is 2.31 bits per heavy atom. The molecule has 2 aromatic heterocycles. The van der Waals surface area contributed by atoms with Gasteiger partial charge in [0, 0.05) is 31.7 Å². The van der Waals surface area contributed by atoms with Crippen LogP contribution in [0.4, 0.5) is 0 Å². The van der Waals surface area contributed by atoms with Gasteiger partial charge < -0.3 is 24.4 Å². The van der Waals surface area contributed by atoms with Crippen LogP contribution >= 0.6 is 23.5 Å². The first-order valence-electron chi connectivity index (χ1n) is 9.02. The Hall–Kier alpha value is -3.11. The molecular formula is C16H17N7O7S2. The lowest BCUT2D eigenvalue weighted by Crippen LogP contribution is -2.81. The quantitative estimate of drug-likeness (QED) is 0.255. The molecule has 32 heavy (non-hydrogen) atoms. The number of nitrogens with one attached hydrogen (secondary N) is 1. The number of carbonyl (C=O) groups is 3. The van der Waals surface area contributed by atoms with E-state index in [0.717, 1.165) is 4.90 Å². The number of ether oxygens (including phenoxy) is 2. The molecule has 0 aromatic carbocycles. The molecule has 2 aromatic rings. The minimum atomic E-state index is -1.71. The second-order valence-electron chi connectivity index (χ2n) is 6.58. The number of fused-ring (bicyclic) bond motifs is 1. The van der Waals surface area contributed by atoms with Crippen LogP contribution in [0.2, 0.25) is 0 Å². The van der Waals surface area contributed by atoms with E-state index in [0.29, 0.717) is 16.5 Å². The summed E-state index contributed by atoms with van der Waals surface area (Å²) in [4.78, 5) is 38.5. The maximum absolute atomic E-state index is 13.0. The van der Waals surface area contributed by atoms with Crippen LogP contribution < -0.4 is 10.1 Å². The van der Waals surface area contributed by atoms with E-state index in [1.807, 2.05) is 0 Å². The molecule has 2 amide bonds. The van der Waals surface area contributed by atoms with Gasteiger partial charge in [-0.25, -0.2) is 9.48 Å². The highest BCUT2D eigenvalue weighted by Crippen LogP contribution is 2.47. The lowest BCUT2D eigenvalue weighted by molar-refractivity contribution is -0.192. The predicted molar refractivity (Wildman–Crippen MR) is 107 cm³/mol. The standard InChI is InChI=1S/C16H17N7O7S2/c1-22-15(18-20-21-22)32-7-8-6-31-14-16(28-2,13(27)23(14)11(8)12(25)26)17-9(24)5-29-10-3-4-30-19-10/h3-4,14H,5-7H2,1-2H3,(H,17,24)(H,25,26)/t14-,16-/m0/s1. The summed E-state index contributed by atoms with van der Waals surface area (Å²) in [5.74, 6) is -1.88. The smallest absolute Gasteiger partial charge is 0.352 e. The van der Waals surface area contributed by atoms with Crippen LogP contribution in [-0.4, -0.2) is 89.5 Å². The number of carbonyl (C=O) groups excluding carboxylic acids is 2. The third kappa shape index (κ3) is 3.80. The van der Waals surface area contributed by atoms with Crippen LogP contribution in [0.1, 0.15) is 0 Å².